The number of nitrogens with zero attached hydrogens (tertiary/aromatic N) is 1. The molecule has 0 aliphatic rings. The molecule has 112 valence electrons. The third-order valence-electron chi connectivity index (χ3n) is 3.26. The van der Waals surface area contributed by atoms with Crippen LogP contribution in [0.1, 0.15) is 29.9 Å². The van der Waals surface area contributed by atoms with Gasteiger partial charge in [-0.05, 0) is 26.0 Å². The average Bonchev–Trinajstić information content (AvgIpc) is 2.94. The Labute approximate surface area is 122 Å². The first kappa shape index (κ1) is 15.1. The highest BCUT2D eigenvalue weighted by atomic mass is 16.6. The van der Waals surface area contributed by atoms with Gasteiger partial charge in [0.15, 0.2) is 0 Å². The van der Waals surface area contributed by atoms with Gasteiger partial charge in [-0.3, -0.25) is 10.1 Å². The normalized spacial score (nSPS) is 12.1. The molecule has 0 spiro atoms. The van der Waals surface area contributed by atoms with Crippen LogP contribution in [0, 0.1) is 17.0 Å². The summed E-state index contributed by atoms with van der Waals surface area (Å²) in [5, 5.41) is 13.8. The van der Waals surface area contributed by atoms with Gasteiger partial charge in [0.1, 0.15) is 16.4 Å². The van der Waals surface area contributed by atoms with Crippen LogP contribution in [0.25, 0.3) is 0 Å². The molecule has 0 saturated heterocycles. The van der Waals surface area contributed by atoms with Gasteiger partial charge in [-0.1, -0.05) is 17.7 Å². The lowest BCUT2D eigenvalue weighted by Crippen LogP contribution is -2.18. The van der Waals surface area contributed by atoms with Gasteiger partial charge in [0.05, 0.1) is 19.7 Å². The number of aryl methyl sites for hydroxylation is 1. The first-order valence-electron chi connectivity index (χ1n) is 6.62. The monoisotopic (exact) mass is 290 g/mol. The van der Waals surface area contributed by atoms with E-state index in [1.54, 1.807) is 13.2 Å². The molecule has 21 heavy (non-hydrogen) atoms. The molecule has 1 unspecified atom stereocenters. The van der Waals surface area contributed by atoms with Gasteiger partial charge in [-0.15, -0.1) is 0 Å². The van der Waals surface area contributed by atoms with Crippen LogP contribution in [0.3, 0.4) is 0 Å². The fourth-order valence-corrected chi connectivity index (χ4v) is 2.12. The van der Waals surface area contributed by atoms with Gasteiger partial charge in [0.2, 0.25) is 0 Å². The van der Waals surface area contributed by atoms with Crippen molar-refractivity contribution >= 4 is 5.88 Å². The van der Waals surface area contributed by atoms with Crippen LogP contribution in [-0.2, 0) is 6.54 Å². The number of ether oxygens (including phenoxy) is 1. The van der Waals surface area contributed by atoms with E-state index in [1.165, 1.54) is 6.07 Å². The van der Waals surface area contributed by atoms with Crippen molar-refractivity contribution in [3.05, 3.63) is 57.3 Å². The highest BCUT2D eigenvalue weighted by Crippen LogP contribution is 2.26. The van der Waals surface area contributed by atoms with Crippen LogP contribution in [-0.4, -0.2) is 12.0 Å². The zero-order valence-electron chi connectivity index (χ0n) is 12.3. The van der Waals surface area contributed by atoms with Crippen molar-refractivity contribution in [2.75, 3.05) is 7.11 Å². The summed E-state index contributed by atoms with van der Waals surface area (Å²) >= 11 is 0. The largest absolute Gasteiger partial charge is 0.496 e. The van der Waals surface area contributed by atoms with Gasteiger partial charge >= 0.3 is 5.88 Å². The number of furan rings is 1. The smallest absolute Gasteiger partial charge is 0.433 e. The first-order chi connectivity index (χ1) is 10.0. The van der Waals surface area contributed by atoms with Crippen LogP contribution in [0.4, 0.5) is 5.88 Å². The minimum absolute atomic E-state index is 0.0315. The predicted molar refractivity (Wildman–Crippen MR) is 78.3 cm³/mol. The van der Waals surface area contributed by atoms with E-state index < -0.39 is 4.92 Å². The molecule has 1 N–H and O–H groups in total. The molecular weight excluding hydrogens is 272 g/mol. The molecule has 1 atom stereocenters. The van der Waals surface area contributed by atoms with Crippen molar-refractivity contribution < 1.29 is 14.1 Å². The number of nitrogens with one attached hydrogen (secondary N) is 1. The lowest BCUT2D eigenvalue weighted by atomic mass is 10.0. The van der Waals surface area contributed by atoms with E-state index in [0.717, 1.165) is 16.9 Å². The zero-order chi connectivity index (χ0) is 15.4. The van der Waals surface area contributed by atoms with Crippen molar-refractivity contribution in [1.82, 2.24) is 5.32 Å². The van der Waals surface area contributed by atoms with Crippen LogP contribution in [0.15, 0.2) is 34.7 Å². The molecule has 0 aliphatic carbocycles. The maximum absolute atomic E-state index is 10.6. The Bertz CT molecular complexity index is 636. The van der Waals surface area contributed by atoms with E-state index in [4.69, 9.17) is 9.15 Å². The molecule has 2 rings (SSSR count). The van der Waals surface area contributed by atoms with E-state index in [9.17, 15) is 10.1 Å². The Hall–Kier alpha value is -2.34. The second-order valence-corrected chi connectivity index (χ2v) is 4.85. The van der Waals surface area contributed by atoms with E-state index in [2.05, 4.69) is 11.4 Å². The highest BCUT2D eigenvalue weighted by Gasteiger charge is 2.14. The number of nitro groups is 1. The molecule has 6 heteroatoms. The van der Waals surface area contributed by atoms with Crippen LogP contribution in [0.2, 0.25) is 0 Å². The second-order valence-electron chi connectivity index (χ2n) is 4.85. The van der Waals surface area contributed by atoms with Crippen molar-refractivity contribution in [2.45, 2.75) is 26.4 Å². The molecule has 0 amide bonds. The molecule has 6 nitrogen and oxygen atoms in total. The summed E-state index contributed by atoms with van der Waals surface area (Å²) in [5.74, 6) is 1.10. The van der Waals surface area contributed by atoms with Crippen molar-refractivity contribution in [3.63, 3.8) is 0 Å². The molecule has 0 aliphatic heterocycles. The number of methoxy groups -OCH3 is 1. The van der Waals surface area contributed by atoms with Crippen LogP contribution >= 0.6 is 0 Å². The first-order valence-corrected chi connectivity index (χ1v) is 6.62. The maximum atomic E-state index is 10.6. The van der Waals surface area contributed by atoms with Gasteiger partial charge in [-0.2, -0.15) is 0 Å². The summed E-state index contributed by atoms with van der Waals surface area (Å²) in [6.45, 7) is 4.44. The summed E-state index contributed by atoms with van der Waals surface area (Å²) in [4.78, 5) is 10.0. The van der Waals surface area contributed by atoms with E-state index in [1.807, 2.05) is 26.0 Å². The Balaban J connectivity index is 2.05. The second kappa shape index (κ2) is 6.41. The van der Waals surface area contributed by atoms with Crippen molar-refractivity contribution in [2.24, 2.45) is 0 Å². The molecule has 2 aromatic rings. The Kier molecular flexibility index (Phi) is 4.59. The number of hydrogen-bond donors (Lipinski definition) is 1. The van der Waals surface area contributed by atoms with E-state index >= 15 is 0 Å². The van der Waals surface area contributed by atoms with Gasteiger partial charge < -0.3 is 14.5 Å². The Morgan fingerprint density at radius 3 is 2.76 bits per heavy atom. The standard InChI is InChI=1S/C15H18N2O4/c1-10-4-6-14(20-3)13(8-10)11(2)16-9-12-5-7-15(21-12)17(18)19/h4-8,11,16H,9H2,1-3H3. The average molecular weight is 290 g/mol. The van der Waals surface area contributed by atoms with Crippen molar-refractivity contribution in [3.8, 4) is 5.75 Å². The third-order valence-corrected chi connectivity index (χ3v) is 3.26. The third kappa shape index (κ3) is 3.61. The minimum Gasteiger partial charge on any atom is -0.496 e. The van der Waals surface area contributed by atoms with Gasteiger partial charge in [0, 0.05) is 11.6 Å². The van der Waals surface area contributed by atoms with Crippen LogP contribution in [0.5, 0.6) is 5.75 Å². The topological polar surface area (TPSA) is 77.5 Å². The van der Waals surface area contributed by atoms with E-state index in [0.29, 0.717) is 12.3 Å². The summed E-state index contributed by atoms with van der Waals surface area (Å²) in [7, 11) is 1.64. The van der Waals surface area contributed by atoms with Crippen LogP contribution < -0.4 is 10.1 Å². The molecule has 1 aromatic heterocycles. The molecule has 0 saturated carbocycles. The number of hydrogen-bond acceptors (Lipinski definition) is 5. The Morgan fingerprint density at radius 2 is 2.14 bits per heavy atom. The fourth-order valence-electron chi connectivity index (χ4n) is 2.12. The molecular formula is C15H18N2O4. The Morgan fingerprint density at radius 1 is 1.38 bits per heavy atom. The lowest BCUT2D eigenvalue weighted by Gasteiger charge is -2.17. The fraction of sp³-hybridized carbons (Fsp3) is 0.333. The number of rotatable bonds is 6. The predicted octanol–water partition coefficient (Wildman–Crippen LogP) is 3.36. The van der Waals surface area contributed by atoms with Crippen molar-refractivity contribution in [1.29, 1.82) is 0 Å². The SMILES string of the molecule is COc1ccc(C)cc1C(C)NCc1ccc([N+](=O)[O-])o1. The molecule has 1 heterocycles. The summed E-state index contributed by atoms with van der Waals surface area (Å²) < 4.78 is 10.5. The molecule has 0 radical (unpaired) electrons. The highest BCUT2D eigenvalue weighted by molar-refractivity contribution is 5.38. The summed E-state index contributed by atoms with van der Waals surface area (Å²) in [6, 6.07) is 8.97. The quantitative estimate of drug-likeness (QED) is 0.652. The molecule has 1 aromatic carbocycles. The minimum atomic E-state index is -0.545. The van der Waals surface area contributed by atoms with Gasteiger partial charge in [0.25, 0.3) is 0 Å². The van der Waals surface area contributed by atoms with Gasteiger partial charge in [-0.25, -0.2) is 0 Å². The lowest BCUT2D eigenvalue weighted by molar-refractivity contribution is -0.402. The summed E-state index contributed by atoms with van der Waals surface area (Å²) in [6.07, 6.45) is 0. The maximum Gasteiger partial charge on any atom is 0.433 e. The molecule has 0 bridgehead atoms. The summed E-state index contributed by atoms with van der Waals surface area (Å²) in [5.41, 5.74) is 2.19. The number of benzene rings is 1. The van der Waals surface area contributed by atoms with E-state index in [-0.39, 0.29) is 11.9 Å². The zero-order valence-corrected chi connectivity index (χ0v) is 12.3. The molecule has 0 fully saturated rings.